The van der Waals surface area contributed by atoms with Gasteiger partial charge in [-0.2, -0.15) is 17.4 Å². The first-order valence-electron chi connectivity index (χ1n) is 7.10. The summed E-state index contributed by atoms with van der Waals surface area (Å²) in [5.41, 5.74) is 0. The fraction of sp³-hybridized carbons (Fsp3) is 1.00. The van der Waals surface area contributed by atoms with Crippen LogP contribution in [0.5, 0.6) is 0 Å². The number of nitrogens with zero attached hydrogens (tertiary/aromatic N) is 1. The smallest absolute Gasteiger partial charge is 0.279 e. The average Bonchev–Trinajstić information content (AvgIpc) is 2.93. The summed E-state index contributed by atoms with van der Waals surface area (Å²) in [6, 6.07) is 0.497. The first-order valence-corrected chi connectivity index (χ1v) is 8.54. The number of ether oxygens (including phenoxy) is 1. The van der Waals surface area contributed by atoms with Gasteiger partial charge in [-0.1, -0.05) is 0 Å². The van der Waals surface area contributed by atoms with E-state index in [0.717, 1.165) is 19.4 Å². The Hall–Kier alpha value is -0.210. The molecule has 0 aromatic rings. The molecule has 2 aliphatic rings. The maximum absolute atomic E-state index is 12.2. The number of rotatable bonds is 6. The van der Waals surface area contributed by atoms with Crippen LogP contribution in [0.25, 0.3) is 0 Å². The first kappa shape index (κ1) is 15.2. The molecule has 19 heavy (non-hydrogen) atoms. The van der Waals surface area contributed by atoms with Crippen LogP contribution in [-0.4, -0.2) is 58.7 Å². The van der Waals surface area contributed by atoms with Crippen molar-refractivity contribution >= 4 is 10.2 Å². The molecule has 2 heterocycles. The van der Waals surface area contributed by atoms with Crippen molar-refractivity contribution in [1.29, 1.82) is 0 Å². The molecule has 0 radical (unpaired) electrons. The molecule has 2 saturated heterocycles. The van der Waals surface area contributed by atoms with Gasteiger partial charge in [-0.15, -0.1) is 0 Å². The van der Waals surface area contributed by atoms with Crippen molar-refractivity contribution in [3.05, 3.63) is 0 Å². The monoisotopic (exact) mass is 291 g/mol. The summed E-state index contributed by atoms with van der Waals surface area (Å²) in [5, 5.41) is 3.49. The molecule has 0 spiro atoms. The van der Waals surface area contributed by atoms with Gasteiger partial charge < -0.3 is 10.1 Å². The van der Waals surface area contributed by atoms with Gasteiger partial charge in [0.25, 0.3) is 10.2 Å². The Bertz CT molecular complexity index is 368. The predicted molar refractivity (Wildman–Crippen MR) is 74.1 cm³/mol. The minimum atomic E-state index is -3.34. The third kappa shape index (κ3) is 4.13. The molecule has 0 saturated carbocycles. The van der Waals surface area contributed by atoms with Gasteiger partial charge in [0.05, 0.1) is 6.61 Å². The molecule has 2 atom stereocenters. The van der Waals surface area contributed by atoms with Crippen molar-refractivity contribution in [3.63, 3.8) is 0 Å². The Kier molecular flexibility index (Phi) is 5.58. The molecule has 0 bridgehead atoms. The molecule has 0 amide bonds. The van der Waals surface area contributed by atoms with E-state index < -0.39 is 10.2 Å². The number of methoxy groups -OCH3 is 1. The fourth-order valence-electron chi connectivity index (χ4n) is 3.00. The normalized spacial score (nSPS) is 29.7. The zero-order valence-electron chi connectivity index (χ0n) is 11.6. The lowest BCUT2D eigenvalue weighted by atomic mass is 9.91. The van der Waals surface area contributed by atoms with Crippen molar-refractivity contribution < 1.29 is 13.2 Å². The Balaban J connectivity index is 1.88. The zero-order chi connectivity index (χ0) is 13.7. The van der Waals surface area contributed by atoms with E-state index in [2.05, 4.69) is 10.0 Å². The van der Waals surface area contributed by atoms with Gasteiger partial charge in [0, 0.05) is 32.8 Å². The number of piperidine rings is 1. The Morgan fingerprint density at radius 3 is 2.89 bits per heavy atom. The highest BCUT2D eigenvalue weighted by Crippen LogP contribution is 2.25. The lowest BCUT2D eigenvalue weighted by molar-refractivity contribution is 0.200. The van der Waals surface area contributed by atoms with E-state index in [9.17, 15) is 8.42 Å². The summed E-state index contributed by atoms with van der Waals surface area (Å²) in [6.45, 7) is 3.08. The molecule has 2 aliphatic heterocycles. The Morgan fingerprint density at radius 2 is 2.21 bits per heavy atom. The SMILES string of the molecule is COCCNS(=O)(=O)N1CCCC(C2CCCN2)C1. The highest BCUT2D eigenvalue weighted by Gasteiger charge is 2.33. The van der Waals surface area contributed by atoms with Crippen molar-refractivity contribution in [2.75, 3.05) is 39.9 Å². The highest BCUT2D eigenvalue weighted by atomic mass is 32.2. The second-order valence-electron chi connectivity index (χ2n) is 5.36. The standard InChI is InChI=1S/C12H25N3O3S/c1-18-9-7-14-19(16,17)15-8-3-4-11(10-15)12-5-2-6-13-12/h11-14H,2-10H2,1H3. The van der Waals surface area contributed by atoms with Crippen LogP contribution in [0.2, 0.25) is 0 Å². The Labute approximate surface area is 116 Å². The van der Waals surface area contributed by atoms with Crippen molar-refractivity contribution in [1.82, 2.24) is 14.3 Å². The van der Waals surface area contributed by atoms with Gasteiger partial charge in [-0.25, -0.2) is 0 Å². The molecular formula is C12H25N3O3S. The van der Waals surface area contributed by atoms with Crippen molar-refractivity contribution in [2.24, 2.45) is 5.92 Å². The van der Waals surface area contributed by atoms with Crippen LogP contribution in [0.4, 0.5) is 0 Å². The van der Waals surface area contributed by atoms with Crippen LogP contribution in [0.15, 0.2) is 0 Å². The quantitative estimate of drug-likeness (QED) is 0.672. The summed E-state index contributed by atoms with van der Waals surface area (Å²) >= 11 is 0. The molecule has 7 heteroatoms. The number of nitrogens with one attached hydrogen (secondary N) is 2. The molecule has 6 nitrogen and oxygen atoms in total. The lowest BCUT2D eigenvalue weighted by Gasteiger charge is -2.34. The molecule has 0 aromatic heterocycles. The van der Waals surface area contributed by atoms with Crippen molar-refractivity contribution in [3.8, 4) is 0 Å². The molecule has 2 rings (SSSR count). The van der Waals surface area contributed by atoms with Gasteiger partial charge in [0.15, 0.2) is 0 Å². The van der Waals surface area contributed by atoms with Crippen LogP contribution in [0, 0.1) is 5.92 Å². The number of hydrogen-bond acceptors (Lipinski definition) is 4. The second kappa shape index (κ2) is 6.99. The third-order valence-corrected chi connectivity index (χ3v) is 5.60. The molecule has 0 aromatic carbocycles. The maximum Gasteiger partial charge on any atom is 0.279 e. The predicted octanol–water partition coefficient (Wildman–Crippen LogP) is -0.0688. The minimum absolute atomic E-state index is 0.335. The summed E-state index contributed by atoms with van der Waals surface area (Å²) in [5.74, 6) is 0.454. The van der Waals surface area contributed by atoms with E-state index in [1.807, 2.05) is 0 Å². The van der Waals surface area contributed by atoms with Crippen LogP contribution in [0.3, 0.4) is 0 Å². The highest BCUT2D eigenvalue weighted by molar-refractivity contribution is 7.87. The van der Waals surface area contributed by atoms with Crippen LogP contribution < -0.4 is 10.0 Å². The van der Waals surface area contributed by atoms with Crippen LogP contribution >= 0.6 is 0 Å². The summed E-state index contributed by atoms with van der Waals surface area (Å²) in [6.07, 6.45) is 4.46. The van der Waals surface area contributed by atoms with E-state index in [4.69, 9.17) is 4.74 Å². The Morgan fingerprint density at radius 1 is 1.37 bits per heavy atom. The summed E-state index contributed by atoms with van der Waals surface area (Å²) < 4.78 is 33.4. The van der Waals surface area contributed by atoms with Gasteiger partial charge in [-0.05, 0) is 38.1 Å². The second-order valence-corrected chi connectivity index (χ2v) is 7.11. The van der Waals surface area contributed by atoms with Gasteiger partial charge in [0.1, 0.15) is 0 Å². The van der Waals surface area contributed by atoms with E-state index in [0.29, 0.717) is 38.2 Å². The van der Waals surface area contributed by atoms with Gasteiger partial charge in [0.2, 0.25) is 0 Å². The van der Waals surface area contributed by atoms with Crippen LogP contribution in [0.1, 0.15) is 25.7 Å². The summed E-state index contributed by atoms with van der Waals surface area (Å²) in [7, 11) is -1.78. The maximum atomic E-state index is 12.2. The largest absolute Gasteiger partial charge is 0.383 e. The molecule has 112 valence electrons. The molecule has 2 N–H and O–H groups in total. The van der Waals surface area contributed by atoms with Gasteiger partial charge >= 0.3 is 0 Å². The van der Waals surface area contributed by atoms with E-state index in [1.165, 1.54) is 12.8 Å². The first-order chi connectivity index (χ1) is 9.13. The van der Waals surface area contributed by atoms with Crippen LogP contribution in [-0.2, 0) is 14.9 Å². The molecular weight excluding hydrogens is 266 g/mol. The van der Waals surface area contributed by atoms with Crippen molar-refractivity contribution in [2.45, 2.75) is 31.7 Å². The third-order valence-electron chi connectivity index (χ3n) is 4.02. The van der Waals surface area contributed by atoms with E-state index in [1.54, 1.807) is 11.4 Å². The minimum Gasteiger partial charge on any atom is -0.383 e. The molecule has 2 fully saturated rings. The average molecular weight is 291 g/mol. The lowest BCUT2D eigenvalue weighted by Crippen LogP contribution is -2.49. The molecule has 0 aliphatic carbocycles. The molecule has 2 unspecified atom stereocenters. The van der Waals surface area contributed by atoms with E-state index >= 15 is 0 Å². The fourth-order valence-corrected chi connectivity index (χ4v) is 4.28. The van der Waals surface area contributed by atoms with E-state index in [-0.39, 0.29) is 0 Å². The number of hydrogen-bond donors (Lipinski definition) is 2. The summed E-state index contributed by atoms with van der Waals surface area (Å²) in [4.78, 5) is 0. The van der Waals surface area contributed by atoms with Gasteiger partial charge in [-0.3, -0.25) is 0 Å². The zero-order valence-corrected chi connectivity index (χ0v) is 12.4. The topological polar surface area (TPSA) is 70.7 Å².